The highest BCUT2D eigenvalue weighted by molar-refractivity contribution is 7.89. The van der Waals surface area contributed by atoms with E-state index in [1.165, 1.54) is 4.31 Å². The number of benzene rings is 1. The lowest BCUT2D eigenvalue weighted by Gasteiger charge is -2.22. The van der Waals surface area contributed by atoms with Crippen molar-refractivity contribution in [1.29, 1.82) is 0 Å². The smallest absolute Gasteiger partial charge is 0.243 e. The summed E-state index contributed by atoms with van der Waals surface area (Å²) in [7, 11) is 0.00190. The number of nitrogens with zero attached hydrogens (tertiary/aromatic N) is 3. The van der Waals surface area contributed by atoms with Gasteiger partial charge in [-0.1, -0.05) is 17.7 Å². The van der Waals surface area contributed by atoms with Crippen molar-refractivity contribution in [1.82, 2.24) is 14.1 Å². The number of hydrogen-bond donors (Lipinski definition) is 0. The number of amides is 1. The zero-order valence-corrected chi connectivity index (χ0v) is 14.8. The van der Waals surface area contributed by atoms with E-state index in [1.807, 2.05) is 24.0 Å². The van der Waals surface area contributed by atoms with Crippen LogP contribution < -0.4 is 0 Å². The molecule has 1 aromatic rings. The SMILES string of the molecule is Cc1ccc(S(=O)(=O)N2CCCN(CC(=O)N(C)C)CC2)cc1. The van der Waals surface area contributed by atoms with Crippen molar-refractivity contribution in [2.45, 2.75) is 18.2 Å². The van der Waals surface area contributed by atoms with E-state index >= 15 is 0 Å². The second-order valence-electron chi connectivity index (χ2n) is 6.14. The Balaban J connectivity index is 2.05. The molecule has 1 amide bonds. The second kappa shape index (κ2) is 7.42. The van der Waals surface area contributed by atoms with E-state index < -0.39 is 10.0 Å². The Morgan fingerprint density at radius 1 is 1.09 bits per heavy atom. The van der Waals surface area contributed by atoms with Crippen LogP contribution in [0.2, 0.25) is 0 Å². The number of hydrogen-bond acceptors (Lipinski definition) is 4. The third-order valence-corrected chi connectivity index (χ3v) is 5.98. The summed E-state index contributed by atoms with van der Waals surface area (Å²) in [5, 5.41) is 0. The highest BCUT2D eigenvalue weighted by atomic mass is 32.2. The van der Waals surface area contributed by atoms with Crippen molar-refractivity contribution in [2.75, 3.05) is 46.8 Å². The van der Waals surface area contributed by atoms with Gasteiger partial charge in [-0.3, -0.25) is 9.69 Å². The van der Waals surface area contributed by atoms with Gasteiger partial charge in [0.05, 0.1) is 11.4 Å². The van der Waals surface area contributed by atoms with E-state index in [0.717, 1.165) is 18.5 Å². The zero-order valence-electron chi connectivity index (χ0n) is 14.0. The van der Waals surface area contributed by atoms with Crippen molar-refractivity contribution >= 4 is 15.9 Å². The maximum atomic E-state index is 12.7. The van der Waals surface area contributed by atoms with Crippen LogP contribution in [0.1, 0.15) is 12.0 Å². The molecule has 7 heteroatoms. The van der Waals surface area contributed by atoms with Crippen molar-refractivity contribution < 1.29 is 13.2 Å². The molecule has 0 atom stereocenters. The topological polar surface area (TPSA) is 60.9 Å². The predicted molar refractivity (Wildman–Crippen MR) is 89.7 cm³/mol. The Kier molecular flexibility index (Phi) is 5.78. The quantitative estimate of drug-likeness (QED) is 0.813. The van der Waals surface area contributed by atoms with Crippen LogP contribution in [0, 0.1) is 6.92 Å². The third kappa shape index (κ3) is 4.53. The lowest BCUT2D eigenvalue weighted by Crippen LogP contribution is -2.39. The Morgan fingerprint density at radius 2 is 1.74 bits per heavy atom. The first-order valence-electron chi connectivity index (χ1n) is 7.80. The van der Waals surface area contributed by atoms with Crippen LogP contribution in [0.4, 0.5) is 0 Å². The van der Waals surface area contributed by atoms with E-state index in [4.69, 9.17) is 0 Å². The Hall–Kier alpha value is -1.44. The summed E-state index contributed by atoms with van der Waals surface area (Å²) < 4.78 is 27.0. The Morgan fingerprint density at radius 3 is 2.35 bits per heavy atom. The molecule has 0 radical (unpaired) electrons. The number of sulfonamides is 1. The standard InChI is InChI=1S/C16H25N3O3S/c1-14-5-7-15(8-6-14)23(21,22)19-10-4-9-18(11-12-19)13-16(20)17(2)3/h5-8H,4,9-13H2,1-3H3. The molecule has 1 aromatic carbocycles. The summed E-state index contributed by atoms with van der Waals surface area (Å²) in [5.74, 6) is 0.0415. The normalized spacial score (nSPS) is 17.7. The molecule has 1 fully saturated rings. The van der Waals surface area contributed by atoms with Gasteiger partial charge in [0.15, 0.2) is 0 Å². The van der Waals surface area contributed by atoms with Gasteiger partial charge < -0.3 is 4.90 Å². The van der Waals surface area contributed by atoms with Gasteiger partial charge in [0.2, 0.25) is 15.9 Å². The highest BCUT2D eigenvalue weighted by Crippen LogP contribution is 2.18. The molecule has 128 valence electrons. The molecular weight excluding hydrogens is 314 g/mol. The molecule has 0 unspecified atom stereocenters. The number of rotatable bonds is 4. The van der Waals surface area contributed by atoms with Crippen LogP contribution in [0.15, 0.2) is 29.2 Å². The molecule has 23 heavy (non-hydrogen) atoms. The molecule has 0 N–H and O–H groups in total. The average Bonchev–Trinajstić information content (AvgIpc) is 2.73. The zero-order chi connectivity index (χ0) is 17.0. The average molecular weight is 339 g/mol. The number of carbonyl (C=O) groups excluding carboxylic acids is 1. The minimum Gasteiger partial charge on any atom is -0.348 e. The molecule has 2 rings (SSSR count). The maximum Gasteiger partial charge on any atom is 0.243 e. The van der Waals surface area contributed by atoms with E-state index in [1.54, 1.807) is 31.1 Å². The number of likely N-dealkylation sites (N-methyl/N-ethyl adjacent to an activating group) is 1. The van der Waals surface area contributed by atoms with Crippen LogP contribution in [0.5, 0.6) is 0 Å². The fraction of sp³-hybridized carbons (Fsp3) is 0.562. The summed E-state index contributed by atoms with van der Waals surface area (Å²) >= 11 is 0. The first-order valence-corrected chi connectivity index (χ1v) is 9.24. The van der Waals surface area contributed by atoms with E-state index in [0.29, 0.717) is 31.1 Å². The molecule has 1 aliphatic heterocycles. The van der Waals surface area contributed by atoms with E-state index in [2.05, 4.69) is 0 Å². The maximum absolute atomic E-state index is 12.7. The van der Waals surface area contributed by atoms with Crippen molar-refractivity contribution in [3.05, 3.63) is 29.8 Å². The highest BCUT2D eigenvalue weighted by Gasteiger charge is 2.27. The minimum absolute atomic E-state index is 0.0415. The van der Waals surface area contributed by atoms with Crippen LogP contribution in [0.3, 0.4) is 0 Å². The van der Waals surface area contributed by atoms with Gasteiger partial charge in [0.1, 0.15) is 0 Å². The molecule has 0 spiro atoms. The Labute approximate surface area is 138 Å². The fourth-order valence-electron chi connectivity index (χ4n) is 2.54. The monoisotopic (exact) mass is 339 g/mol. The largest absolute Gasteiger partial charge is 0.348 e. The molecular formula is C16H25N3O3S. The summed E-state index contributed by atoms with van der Waals surface area (Å²) in [6, 6.07) is 6.94. The van der Waals surface area contributed by atoms with Gasteiger partial charge in [0, 0.05) is 33.7 Å². The molecule has 1 saturated heterocycles. The van der Waals surface area contributed by atoms with Crippen LogP contribution in [-0.2, 0) is 14.8 Å². The van der Waals surface area contributed by atoms with Crippen molar-refractivity contribution in [3.63, 3.8) is 0 Å². The molecule has 6 nitrogen and oxygen atoms in total. The third-order valence-electron chi connectivity index (χ3n) is 4.06. The Bertz CT molecular complexity index is 641. The van der Waals surface area contributed by atoms with Crippen LogP contribution in [-0.4, -0.2) is 75.2 Å². The minimum atomic E-state index is -3.46. The van der Waals surface area contributed by atoms with Crippen molar-refractivity contribution in [2.24, 2.45) is 0 Å². The van der Waals surface area contributed by atoms with Gasteiger partial charge in [-0.2, -0.15) is 4.31 Å². The summed E-state index contributed by atoms with van der Waals surface area (Å²) in [6.45, 7) is 4.48. The molecule has 0 saturated carbocycles. The predicted octanol–water partition coefficient (Wildman–Crippen LogP) is 0.780. The van der Waals surface area contributed by atoms with Gasteiger partial charge in [-0.15, -0.1) is 0 Å². The van der Waals surface area contributed by atoms with E-state index in [9.17, 15) is 13.2 Å². The first-order chi connectivity index (χ1) is 10.8. The van der Waals surface area contributed by atoms with Crippen LogP contribution in [0.25, 0.3) is 0 Å². The number of aryl methyl sites for hydroxylation is 1. The van der Waals surface area contributed by atoms with Gasteiger partial charge in [-0.25, -0.2) is 8.42 Å². The summed E-state index contributed by atoms with van der Waals surface area (Å²) in [6.07, 6.45) is 0.728. The van der Waals surface area contributed by atoms with Gasteiger partial charge in [-0.05, 0) is 32.0 Å². The lowest BCUT2D eigenvalue weighted by molar-refractivity contribution is -0.129. The first kappa shape index (κ1) is 17.9. The molecule has 0 aliphatic carbocycles. The van der Waals surface area contributed by atoms with Gasteiger partial charge >= 0.3 is 0 Å². The molecule has 1 heterocycles. The number of carbonyl (C=O) groups is 1. The molecule has 0 bridgehead atoms. The second-order valence-corrected chi connectivity index (χ2v) is 8.07. The fourth-order valence-corrected chi connectivity index (χ4v) is 4.01. The molecule has 0 aromatic heterocycles. The van der Waals surface area contributed by atoms with Crippen molar-refractivity contribution in [3.8, 4) is 0 Å². The van der Waals surface area contributed by atoms with E-state index in [-0.39, 0.29) is 5.91 Å². The summed E-state index contributed by atoms with van der Waals surface area (Å²) in [5.41, 5.74) is 1.04. The van der Waals surface area contributed by atoms with Gasteiger partial charge in [0.25, 0.3) is 0 Å². The lowest BCUT2D eigenvalue weighted by atomic mass is 10.2. The van der Waals surface area contributed by atoms with Crippen LogP contribution >= 0.6 is 0 Å². The molecule has 1 aliphatic rings. The summed E-state index contributed by atoms with van der Waals surface area (Å²) in [4.78, 5) is 15.7.